The lowest BCUT2D eigenvalue weighted by molar-refractivity contribution is -0.354. The Balaban J connectivity index is 1.66. The lowest BCUT2D eigenvalue weighted by Gasteiger charge is -2.39. The number of rotatable bonds is 6. The second-order valence-electron chi connectivity index (χ2n) is 6.93. The van der Waals surface area contributed by atoms with Gasteiger partial charge in [0, 0.05) is 0 Å². The summed E-state index contributed by atoms with van der Waals surface area (Å²) in [4.78, 5) is 0. The molecule has 0 aliphatic carbocycles. The predicted octanol–water partition coefficient (Wildman–Crippen LogP) is -0.581. The molecule has 170 valence electrons. The van der Waals surface area contributed by atoms with Gasteiger partial charge in [0.2, 0.25) is 0 Å². The lowest BCUT2D eigenvalue weighted by atomic mass is 10.0. The van der Waals surface area contributed by atoms with Gasteiger partial charge in [0.25, 0.3) is 0 Å². The fourth-order valence-corrected chi connectivity index (χ4v) is 2.94. The monoisotopic (exact) mass is 442 g/mol. The van der Waals surface area contributed by atoms with E-state index in [4.69, 9.17) is 14.2 Å². The number of aliphatic hydroxyl groups excluding tert-OH is 3. The predicted molar refractivity (Wildman–Crippen MR) is 99.1 cm³/mol. The summed E-state index contributed by atoms with van der Waals surface area (Å²) in [6.45, 7) is -0.642. The van der Waals surface area contributed by atoms with Gasteiger partial charge in [-0.25, -0.2) is 0 Å². The molecular weight excluding hydrogens is 420 g/mol. The molecule has 2 aromatic carbocycles. The smallest absolute Gasteiger partial charge is 0.200 e. The first-order valence-corrected chi connectivity index (χ1v) is 8.99. The standard InChI is InChI=1S/C19H22O12/c20-9-1-7(2-10(21)13(9)24)5-29-18-16(27)15(26)17(28)19(31-18)30-6-8-3-11(22)14(25)12(23)4-8/h1-4,15-28H,5-6H2/t15?,16-,17+,18-,19+. The van der Waals surface area contributed by atoms with Gasteiger partial charge in [0.15, 0.2) is 47.1 Å². The molecule has 0 amide bonds. The molecule has 2 aromatic rings. The highest BCUT2D eigenvalue weighted by Crippen LogP contribution is 2.37. The van der Waals surface area contributed by atoms with Crippen molar-refractivity contribution in [3.63, 3.8) is 0 Å². The number of ether oxygens (including phenoxy) is 3. The van der Waals surface area contributed by atoms with Crippen molar-refractivity contribution in [3.05, 3.63) is 35.4 Å². The van der Waals surface area contributed by atoms with Gasteiger partial charge in [-0.05, 0) is 35.4 Å². The summed E-state index contributed by atoms with van der Waals surface area (Å²) in [6.07, 6.45) is -8.02. The van der Waals surface area contributed by atoms with E-state index in [1.807, 2.05) is 0 Å². The lowest BCUT2D eigenvalue weighted by Crippen LogP contribution is -2.58. The first kappa shape index (κ1) is 22.7. The summed E-state index contributed by atoms with van der Waals surface area (Å²) in [5.41, 5.74) is 0.411. The number of hydrogen-bond donors (Lipinski definition) is 9. The second-order valence-corrected chi connectivity index (χ2v) is 6.93. The number of hydrogen-bond acceptors (Lipinski definition) is 12. The minimum absolute atomic E-state index is 0.205. The van der Waals surface area contributed by atoms with Crippen LogP contribution in [0.3, 0.4) is 0 Å². The van der Waals surface area contributed by atoms with Gasteiger partial charge in [-0.3, -0.25) is 0 Å². The van der Waals surface area contributed by atoms with Crippen molar-refractivity contribution < 1.29 is 60.2 Å². The molecule has 0 bridgehead atoms. The quantitative estimate of drug-likeness (QED) is 0.257. The minimum atomic E-state index is -1.72. The van der Waals surface area contributed by atoms with Gasteiger partial charge >= 0.3 is 0 Å². The van der Waals surface area contributed by atoms with E-state index in [1.54, 1.807) is 0 Å². The van der Waals surface area contributed by atoms with E-state index < -0.39 is 65.4 Å². The van der Waals surface area contributed by atoms with E-state index in [2.05, 4.69) is 0 Å². The highest BCUT2D eigenvalue weighted by atomic mass is 16.8. The maximum atomic E-state index is 10.1. The van der Waals surface area contributed by atoms with Gasteiger partial charge in [-0.2, -0.15) is 0 Å². The maximum absolute atomic E-state index is 10.1. The van der Waals surface area contributed by atoms with Crippen LogP contribution in [0.5, 0.6) is 34.5 Å². The Bertz CT molecular complexity index is 813. The number of aliphatic hydroxyl groups is 3. The fourth-order valence-electron chi connectivity index (χ4n) is 2.94. The molecule has 9 N–H and O–H groups in total. The zero-order valence-corrected chi connectivity index (χ0v) is 15.9. The van der Waals surface area contributed by atoms with Crippen LogP contribution in [0, 0.1) is 0 Å². The fraction of sp³-hybridized carbons (Fsp3) is 0.368. The molecule has 1 saturated heterocycles. The van der Waals surface area contributed by atoms with Crippen molar-refractivity contribution in [2.24, 2.45) is 0 Å². The van der Waals surface area contributed by atoms with Crippen molar-refractivity contribution >= 4 is 0 Å². The Labute approximate surface area is 175 Å². The summed E-state index contributed by atoms with van der Waals surface area (Å²) in [7, 11) is 0. The molecule has 1 unspecified atom stereocenters. The molecule has 1 aliphatic rings. The largest absolute Gasteiger partial charge is 0.504 e. The van der Waals surface area contributed by atoms with E-state index in [9.17, 15) is 46.0 Å². The SMILES string of the molecule is Oc1cc(CO[C@@H]2O[C@H](OCc3cc(O)c(O)c(O)c3)[C@@H](O)C(O)[C@H]2O)cc(O)c1O. The highest BCUT2D eigenvalue weighted by molar-refractivity contribution is 5.51. The van der Waals surface area contributed by atoms with Crippen LogP contribution in [-0.4, -0.2) is 76.9 Å². The Hall–Kier alpha value is -3.00. The molecule has 3 rings (SSSR count). The summed E-state index contributed by atoms with van der Waals surface area (Å²) in [5.74, 6) is -3.81. The molecule has 12 nitrogen and oxygen atoms in total. The Morgan fingerprint density at radius 1 is 0.581 bits per heavy atom. The van der Waals surface area contributed by atoms with Gasteiger partial charge in [-0.1, -0.05) is 0 Å². The molecular formula is C19H22O12. The van der Waals surface area contributed by atoms with E-state index >= 15 is 0 Å². The van der Waals surface area contributed by atoms with Gasteiger partial charge in [0.1, 0.15) is 18.3 Å². The molecule has 31 heavy (non-hydrogen) atoms. The van der Waals surface area contributed by atoms with Crippen LogP contribution in [0.2, 0.25) is 0 Å². The number of phenols is 6. The molecule has 0 aromatic heterocycles. The maximum Gasteiger partial charge on any atom is 0.200 e. The second kappa shape index (κ2) is 9.01. The Morgan fingerprint density at radius 3 is 1.23 bits per heavy atom. The van der Waals surface area contributed by atoms with E-state index in [-0.39, 0.29) is 24.3 Å². The summed E-state index contributed by atoms with van der Waals surface area (Å²) in [6, 6.07) is 4.42. The molecule has 1 fully saturated rings. The summed E-state index contributed by atoms with van der Waals surface area (Å²) in [5, 5.41) is 87.1. The zero-order valence-electron chi connectivity index (χ0n) is 15.9. The number of benzene rings is 2. The third kappa shape index (κ3) is 4.85. The zero-order chi connectivity index (χ0) is 22.9. The normalized spacial score (nSPS) is 26.1. The van der Waals surface area contributed by atoms with Crippen molar-refractivity contribution in [1.82, 2.24) is 0 Å². The van der Waals surface area contributed by atoms with Crippen molar-refractivity contribution in [3.8, 4) is 34.5 Å². The average molecular weight is 442 g/mol. The first-order valence-electron chi connectivity index (χ1n) is 8.99. The van der Waals surface area contributed by atoms with Crippen LogP contribution in [0.1, 0.15) is 11.1 Å². The first-order chi connectivity index (χ1) is 14.6. The van der Waals surface area contributed by atoms with Crippen molar-refractivity contribution in [2.75, 3.05) is 0 Å². The van der Waals surface area contributed by atoms with Crippen LogP contribution in [0.4, 0.5) is 0 Å². The van der Waals surface area contributed by atoms with Crippen LogP contribution in [-0.2, 0) is 27.4 Å². The number of aromatic hydroxyl groups is 6. The van der Waals surface area contributed by atoms with Crippen LogP contribution >= 0.6 is 0 Å². The van der Waals surface area contributed by atoms with Gasteiger partial charge in [-0.15, -0.1) is 0 Å². The van der Waals surface area contributed by atoms with Crippen molar-refractivity contribution in [2.45, 2.75) is 44.1 Å². The molecule has 0 spiro atoms. The van der Waals surface area contributed by atoms with Crippen LogP contribution in [0.15, 0.2) is 24.3 Å². The number of phenolic OH excluding ortho intramolecular Hbond substituents is 6. The topological polar surface area (TPSA) is 210 Å². The van der Waals surface area contributed by atoms with Crippen LogP contribution < -0.4 is 0 Å². The van der Waals surface area contributed by atoms with Crippen LogP contribution in [0.25, 0.3) is 0 Å². The summed E-state index contributed by atoms with van der Waals surface area (Å²) < 4.78 is 16.0. The van der Waals surface area contributed by atoms with Gasteiger partial charge in [0.05, 0.1) is 13.2 Å². The van der Waals surface area contributed by atoms with Gasteiger partial charge < -0.3 is 60.2 Å². The molecule has 1 aliphatic heterocycles. The average Bonchev–Trinajstić information content (AvgIpc) is 2.72. The molecule has 5 atom stereocenters. The molecule has 12 heteroatoms. The Kier molecular flexibility index (Phi) is 6.59. The summed E-state index contributed by atoms with van der Waals surface area (Å²) >= 11 is 0. The molecule has 0 radical (unpaired) electrons. The van der Waals surface area contributed by atoms with Crippen molar-refractivity contribution in [1.29, 1.82) is 0 Å². The third-order valence-electron chi connectivity index (χ3n) is 4.61. The van der Waals surface area contributed by atoms with E-state index in [0.29, 0.717) is 0 Å². The Morgan fingerprint density at radius 2 is 0.903 bits per heavy atom. The minimum Gasteiger partial charge on any atom is -0.504 e. The third-order valence-corrected chi connectivity index (χ3v) is 4.61. The molecule has 1 heterocycles. The van der Waals surface area contributed by atoms with E-state index in [1.165, 1.54) is 0 Å². The van der Waals surface area contributed by atoms with E-state index in [0.717, 1.165) is 24.3 Å². The molecule has 0 saturated carbocycles. The highest BCUT2D eigenvalue weighted by Gasteiger charge is 2.45.